The van der Waals surface area contributed by atoms with Gasteiger partial charge in [0.05, 0.1) is 19.3 Å². The lowest BCUT2D eigenvalue weighted by Crippen LogP contribution is -2.48. The van der Waals surface area contributed by atoms with Crippen LogP contribution in [0.15, 0.2) is 48.8 Å². The van der Waals surface area contributed by atoms with Crippen LogP contribution in [0, 0.1) is 0 Å². The molecule has 0 aliphatic carbocycles. The monoisotopic (exact) mass is 326 g/mol. The number of aromatic nitrogens is 1. The number of pyridine rings is 1. The van der Waals surface area contributed by atoms with Crippen LogP contribution in [0.5, 0.6) is 5.75 Å². The molecule has 0 bridgehead atoms. The van der Waals surface area contributed by atoms with Gasteiger partial charge < -0.3 is 15.0 Å². The zero-order valence-corrected chi connectivity index (χ0v) is 13.8. The van der Waals surface area contributed by atoms with Crippen molar-refractivity contribution in [3.63, 3.8) is 0 Å². The van der Waals surface area contributed by atoms with E-state index < -0.39 is 0 Å². The van der Waals surface area contributed by atoms with Crippen molar-refractivity contribution >= 4 is 17.3 Å². The molecule has 0 unspecified atom stereocenters. The Labute approximate surface area is 142 Å². The lowest BCUT2D eigenvalue weighted by molar-refractivity contribution is -0.117. The molecule has 24 heavy (non-hydrogen) atoms. The molecule has 2 heterocycles. The van der Waals surface area contributed by atoms with Crippen LogP contribution in [0.1, 0.15) is 0 Å². The van der Waals surface area contributed by atoms with Gasteiger partial charge in [0.15, 0.2) is 0 Å². The summed E-state index contributed by atoms with van der Waals surface area (Å²) >= 11 is 0. The highest BCUT2D eigenvalue weighted by molar-refractivity contribution is 5.92. The summed E-state index contributed by atoms with van der Waals surface area (Å²) in [5, 5.41) is 2.90. The number of nitrogens with zero attached hydrogens (tertiary/aromatic N) is 3. The van der Waals surface area contributed by atoms with Crippen LogP contribution < -0.4 is 15.0 Å². The zero-order valence-electron chi connectivity index (χ0n) is 13.8. The standard InChI is InChI=1S/C18H22N4O2/c1-24-17-5-3-2-4-16(17)22-12-10-21(11-13-22)14-18(23)20-15-6-8-19-9-7-15/h2-9H,10-14H2,1H3,(H,19,20,23). The molecule has 1 aliphatic heterocycles. The lowest BCUT2D eigenvalue weighted by Gasteiger charge is -2.36. The van der Waals surface area contributed by atoms with Crippen molar-refractivity contribution in [2.75, 3.05) is 50.1 Å². The molecule has 1 aromatic heterocycles. The fourth-order valence-electron chi connectivity index (χ4n) is 2.88. The Hall–Kier alpha value is -2.60. The summed E-state index contributed by atoms with van der Waals surface area (Å²) in [7, 11) is 1.69. The van der Waals surface area contributed by atoms with Crippen LogP contribution in [-0.2, 0) is 4.79 Å². The highest BCUT2D eigenvalue weighted by atomic mass is 16.5. The predicted octanol–water partition coefficient (Wildman–Crippen LogP) is 1.85. The predicted molar refractivity (Wildman–Crippen MR) is 94.5 cm³/mol. The maximum atomic E-state index is 12.1. The number of hydrogen-bond donors (Lipinski definition) is 1. The molecule has 0 atom stereocenters. The first-order valence-electron chi connectivity index (χ1n) is 8.06. The average molecular weight is 326 g/mol. The van der Waals surface area contributed by atoms with Crippen LogP contribution in [0.4, 0.5) is 11.4 Å². The van der Waals surface area contributed by atoms with Crippen molar-refractivity contribution in [1.82, 2.24) is 9.88 Å². The molecule has 126 valence electrons. The Balaban J connectivity index is 1.51. The van der Waals surface area contributed by atoms with Crippen molar-refractivity contribution in [1.29, 1.82) is 0 Å². The van der Waals surface area contributed by atoms with E-state index in [9.17, 15) is 4.79 Å². The molecule has 1 aliphatic rings. The van der Waals surface area contributed by atoms with E-state index in [1.807, 2.05) is 18.2 Å². The summed E-state index contributed by atoms with van der Waals surface area (Å²) in [5.41, 5.74) is 1.89. The molecule has 1 saturated heterocycles. The number of carbonyl (C=O) groups is 1. The van der Waals surface area contributed by atoms with Gasteiger partial charge in [-0.15, -0.1) is 0 Å². The van der Waals surface area contributed by atoms with Crippen LogP contribution >= 0.6 is 0 Å². The molecule has 2 aromatic rings. The summed E-state index contributed by atoms with van der Waals surface area (Å²) in [4.78, 5) is 20.5. The van der Waals surface area contributed by atoms with Gasteiger partial charge in [-0.05, 0) is 24.3 Å². The average Bonchev–Trinajstić information content (AvgIpc) is 2.63. The number of rotatable bonds is 5. The quantitative estimate of drug-likeness (QED) is 0.909. The number of piperazine rings is 1. The van der Waals surface area contributed by atoms with Crippen molar-refractivity contribution in [3.8, 4) is 5.75 Å². The second-order valence-corrected chi connectivity index (χ2v) is 5.72. The maximum Gasteiger partial charge on any atom is 0.238 e. The van der Waals surface area contributed by atoms with E-state index in [0.717, 1.165) is 43.3 Å². The summed E-state index contributed by atoms with van der Waals surface area (Å²) < 4.78 is 5.43. The molecule has 0 spiro atoms. The number of anilines is 2. The SMILES string of the molecule is COc1ccccc1N1CCN(CC(=O)Nc2ccncc2)CC1. The lowest BCUT2D eigenvalue weighted by atomic mass is 10.2. The minimum Gasteiger partial charge on any atom is -0.495 e. The second-order valence-electron chi connectivity index (χ2n) is 5.72. The first-order chi connectivity index (χ1) is 11.8. The van der Waals surface area contributed by atoms with Crippen molar-refractivity contribution in [2.24, 2.45) is 0 Å². The number of methoxy groups -OCH3 is 1. The molecule has 6 heteroatoms. The molecule has 1 fully saturated rings. The fraction of sp³-hybridized carbons (Fsp3) is 0.333. The third-order valence-corrected chi connectivity index (χ3v) is 4.13. The number of carbonyl (C=O) groups excluding carboxylic acids is 1. The van der Waals surface area contributed by atoms with Gasteiger partial charge in [-0.3, -0.25) is 14.7 Å². The number of ether oxygens (including phenoxy) is 1. The first-order valence-corrected chi connectivity index (χ1v) is 8.06. The van der Waals surface area contributed by atoms with Gasteiger partial charge in [-0.1, -0.05) is 12.1 Å². The van der Waals surface area contributed by atoms with E-state index in [0.29, 0.717) is 6.54 Å². The Bertz CT molecular complexity index is 670. The van der Waals surface area contributed by atoms with Gasteiger partial charge in [-0.2, -0.15) is 0 Å². The van der Waals surface area contributed by atoms with E-state index in [4.69, 9.17) is 4.74 Å². The number of hydrogen-bond acceptors (Lipinski definition) is 5. The van der Waals surface area contributed by atoms with Gasteiger partial charge in [0.2, 0.25) is 5.91 Å². The first kappa shape index (κ1) is 16.3. The van der Waals surface area contributed by atoms with Crippen molar-refractivity contribution in [2.45, 2.75) is 0 Å². The molecule has 0 radical (unpaired) electrons. The third kappa shape index (κ3) is 4.02. The van der Waals surface area contributed by atoms with Crippen molar-refractivity contribution < 1.29 is 9.53 Å². The van der Waals surface area contributed by atoms with E-state index in [1.165, 1.54) is 0 Å². The summed E-state index contributed by atoms with van der Waals surface area (Å²) in [6, 6.07) is 11.6. The molecule has 1 N–H and O–H groups in total. The second kappa shape index (κ2) is 7.79. The van der Waals surface area contributed by atoms with Crippen molar-refractivity contribution in [3.05, 3.63) is 48.8 Å². The number of para-hydroxylation sites is 2. The fourth-order valence-corrected chi connectivity index (χ4v) is 2.88. The Morgan fingerprint density at radius 2 is 1.83 bits per heavy atom. The molecular weight excluding hydrogens is 304 g/mol. The number of nitrogens with one attached hydrogen (secondary N) is 1. The molecule has 1 amide bonds. The Morgan fingerprint density at radius 1 is 1.12 bits per heavy atom. The summed E-state index contributed by atoms with van der Waals surface area (Å²) in [6.45, 7) is 3.86. The maximum absolute atomic E-state index is 12.1. The third-order valence-electron chi connectivity index (χ3n) is 4.13. The normalized spacial score (nSPS) is 15.1. The molecule has 0 saturated carbocycles. The topological polar surface area (TPSA) is 57.7 Å². The van der Waals surface area contributed by atoms with Gasteiger partial charge in [0.25, 0.3) is 0 Å². The van der Waals surface area contributed by atoms with Crippen LogP contribution in [-0.4, -0.2) is 55.6 Å². The van der Waals surface area contributed by atoms with Crippen LogP contribution in [0.2, 0.25) is 0 Å². The zero-order chi connectivity index (χ0) is 16.8. The molecule has 6 nitrogen and oxygen atoms in total. The van der Waals surface area contributed by atoms with Gasteiger partial charge in [0, 0.05) is 44.3 Å². The number of amides is 1. The van der Waals surface area contributed by atoms with E-state index in [1.54, 1.807) is 31.6 Å². The molecule has 1 aromatic carbocycles. The van der Waals surface area contributed by atoms with Gasteiger partial charge in [-0.25, -0.2) is 0 Å². The Kier molecular flexibility index (Phi) is 5.28. The highest BCUT2D eigenvalue weighted by Crippen LogP contribution is 2.28. The molecule has 3 rings (SSSR count). The van der Waals surface area contributed by atoms with E-state index >= 15 is 0 Å². The largest absolute Gasteiger partial charge is 0.495 e. The Morgan fingerprint density at radius 3 is 2.54 bits per heavy atom. The van der Waals surface area contributed by atoms with Gasteiger partial charge in [0.1, 0.15) is 5.75 Å². The summed E-state index contributed by atoms with van der Waals surface area (Å²) in [5.74, 6) is 0.897. The molecular formula is C18H22N4O2. The summed E-state index contributed by atoms with van der Waals surface area (Å²) in [6.07, 6.45) is 3.34. The van der Waals surface area contributed by atoms with E-state index in [2.05, 4.69) is 26.2 Å². The minimum atomic E-state index is 0.00643. The van der Waals surface area contributed by atoms with E-state index in [-0.39, 0.29) is 5.91 Å². The van der Waals surface area contributed by atoms with Gasteiger partial charge >= 0.3 is 0 Å². The van der Waals surface area contributed by atoms with Crippen LogP contribution in [0.25, 0.3) is 0 Å². The highest BCUT2D eigenvalue weighted by Gasteiger charge is 2.21. The van der Waals surface area contributed by atoms with Crippen LogP contribution in [0.3, 0.4) is 0 Å². The minimum absolute atomic E-state index is 0.00643. The smallest absolute Gasteiger partial charge is 0.238 e. The number of benzene rings is 1.